The molecule has 0 bridgehead atoms. The van der Waals surface area contributed by atoms with Gasteiger partial charge < -0.3 is 14.8 Å². The second-order valence-electron chi connectivity index (χ2n) is 6.99. The lowest BCUT2D eigenvalue weighted by Crippen LogP contribution is -2.31. The van der Waals surface area contributed by atoms with Gasteiger partial charge in [0.15, 0.2) is 0 Å². The van der Waals surface area contributed by atoms with Crippen molar-refractivity contribution in [1.29, 1.82) is 5.26 Å². The Morgan fingerprint density at radius 2 is 2.04 bits per heavy atom. The van der Waals surface area contributed by atoms with E-state index in [1.165, 1.54) is 17.5 Å². The fraction of sp³-hybridized carbons (Fsp3) is 0.435. The molecular formula is C23H28N2O2. The van der Waals surface area contributed by atoms with Crippen molar-refractivity contribution in [2.45, 2.75) is 38.3 Å². The zero-order chi connectivity index (χ0) is 18.7. The van der Waals surface area contributed by atoms with Crippen LogP contribution < -0.4 is 10.1 Å². The van der Waals surface area contributed by atoms with E-state index in [4.69, 9.17) is 14.7 Å². The van der Waals surface area contributed by atoms with Crippen LogP contribution >= 0.6 is 0 Å². The molecule has 27 heavy (non-hydrogen) atoms. The van der Waals surface area contributed by atoms with E-state index in [0.717, 1.165) is 38.3 Å². The van der Waals surface area contributed by atoms with E-state index >= 15 is 0 Å². The Bertz CT molecular complexity index is 727. The maximum atomic E-state index is 8.58. The van der Waals surface area contributed by atoms with Crippen LogP contribution in [0.4, 0.5) is 0 Å². The summed E-state index contributed by atoms with van der Waals surface area (Å²) in [5.74, 6) is 1.36. The van der Waals surface area contributed by atoms with Crippen LogP contribution in [0.2, 0.25) is 0 Å². The number of nitrogens with one attached hydrogen (secondary N) is 1. The molecule has 2 unspecified atom stereocenters. The molecule has 4 heteroatoms. The third kappa shape index (κ3) is 6.09. The van der Waals surface area contributed by atoms with E-state index in [1.54, 1.807) is 0 Å². The first kappa shape index (κ1) is 19.4. The summed E-state index contributed by atoms with van der Waals surface area (Å²) in [4.78, 5) is 0. The Morgan fingerprint density at radius 1 is 1.15 bits per heavy atom. The van der Waals surface area contributed by atoms with Gasteiger partial charge in [0.1, 0.15) is 5.75 Å². The zero-order valence-corrected chi connectivity index (χ0v) is 15.8. The Morgan fingerprint density at radius 3 is 2.89 bits per heavy atom. The summed E-state index contributed by atoms with van der Waals surface area (Å²) >= 11 is 0. The first-order valence-corrected chi connectivity index (χ1v) is 9.83. The molecule has 142 valence electrons. The number of nitrogens with zero attached hydrogens (tertiary/aromatic N) is 1. The molecule has 1 aliphatic rings. The highest BCUT2D eigenvalue weighted by Crippen LogP contribution is 2.33. The highest BCUT2D eigenvalue weighted by atomic mass is 16.5. The van der Waals surface area contributed by atoms with Gasteiger partial charge in [-0.2, -0.15) is 5.26 Å². The summed E-state index contributed by atoms with van der Waals surface area (Å²) in [6.07, 6.45) is 3.80. The Balaban J connectivity index is 1.49. The van der Waals surface area contributed by atoms with Crippen LogP contribution in [-0.2, 0) is 11.3 Å². The number of nitriles is 1. The number of unbranched alkanes of at least 4 members (excludes halogenated alkanes) is 1. The second-order valence-corrected chi connectivity index (χ2v) is 6.99. The van der Waals surface area contributed by atoms with Crippen molar-refractivity contribution in [2.24, 2.45) is 5.92 Å². The molecule has 1 aliphatic heterocycles. The van der Waals surface area contributed by atoms with Crippen LogP contribution in [0.25, 0.3) is 0 Å². The van der Waals surface area contributed by atoms with E-state index in [0.29, 0.717) is 18.9 Å². The van der Waals surface area contributed by atoms with Crippen LogP contribution in [0.3, 0.4) is 0 Å². The molecule has 1 fully saturated rings. The molecule has 0 aliphatic carbocycles. The van der Waals surface area contributed by atoms with Crippen LogP contribution in [0.1, 0.15) is 42.9 Å². The molecule has 0 spiro atoms. The van der Waals surface area contributed by atoms with E-state index in [-0.39, 0.29) is 6.10 Å². The Hall–Kier alpha value is -2.35. The van der Waals surface area contributed by atoms with E-state index in [2.05, 4.69) is 53.9 Å². The van der Waals surface area contributed by atoms with E-state index in [1.807, 2.05) is 12.1 Å². The number of hydrogen-bond acceptors (Lipinski definition) is 4. The van der Waals surface area contributed by atoms with Gasteiger partial charge in [0.25, 0.3) is 0 Å². The quantitative estimate of drug-likeness (QED) is 0.659. The number of ether oxygens (including phenoxy) is 2. The molecule has 0 aromatic heterocycles. The Labute approximate surface area is 162 Å². The summed E-state index contributed by atoms with van der Waals surface area (Å²) in [5, 5.41) is 12.2. The van der Waals surface area contributed by atoms with Crippen molar-refractivity contribution >= 4 is 0 Å². The lowest BCUT2D eigenvalue weighted by atomic mass is 9.89. The molecule has 2 atom stereocenters. The summed E-state index contributed by atoms with van der Waals surface area (Å²) in [6.45, 7) is 3.18. The monoisotopic (exact) mass is 364 g/mol. The van der Waals surface area contributed by atoms with Gasteiger partial charge in [0.2, 0.25) is 0 Å². The maximum absolute atomic E-state index is 8.58. The largest absolute Gasteiger partial charge is 0.494 e. The normalized spacial score (nSPS) is 19.4. The number of rotatable bonds is 9. The smallest absolute Gasteiger partial charge is 0.119 e. The molecule has 0 radical (unpaired) electrons. The van der Waals surface area contributed by atoms with E-state index in [9.17, 15) is 0 Å². The summed E-state index contributed by atoms with van der Waals surface area (Å²) < 4.78 is 11.8. The molecular weight excluding hydrogens is 336 g/mol. The minimum atomic E-state index is 0.183. The van der Waals surface area contributed by atoms with Gasteiger partial charge in [-0.05, 0) is 42.5 Å². The molecule has 4 nitrogen and oxygen atoms in total. The van der Waals surface area contributed by atoms with Crippen LogP contribution in [-0.4, -0.2) is 19.8 Å². The molecule has 1 heterocycles. The average molecular weight is 364 g/mol. The van der Waals surface area contributed by atoms with Gasteiger partial charge in [-0.1, -0.05) is 42.5 Å². The van der Waals surface area contributed by atoms with Crippen molar-refractivity contribution in [2.75, 3.05) is 19.8 Å². The molecule has 0 amide bonds. The number of hydrogen-bond donors (Lipinski definition) is 1. The second kappa shape index (κ2) is 10.7. The molecule has 2 aromatic rings. The van der Waals surface area contributed by atoms with Gasteiger partial charge in [-0.3, -0.25) is 0 Å². The first-order valence-electron chi connectivity index (χ1n) is 9.83. The van der Waals surface area contributed by atoms with Gasteiger partial charge >= 0.3 is 0 Å². The van der Waals surface area contributed by atoms with Crippen LogP contribution in [0.15, 0.2) is 54.6 Å². The minimum Gasteiger partial charge on any atom is -0.494 e. The molecule has 1 N–H and O–H groups in total. The van der Waals surface area contributed by atoms with Gasteiger partial charge in [0.05, 0.1) is 18.8 Å². The summed E-state index contributed by atoms with van der Waals surface area (Å²) in [6, 6.07) is 20.9. The zero-order valence-electron chi connectivity index (χ0n) is 15.8. The fourth-order valence-corrected chi connectivity index (χ4v) is 3.55. The number of benzene rings is 2. The summed E-state index contributed by atoms with van der Waals surface area (Å²) in [7, 11) is 0. The van der Waals surface area contributed by atoms with Gasteiger partial charge in [0, 0.05) is 32.0 Å². The maximum Gasteiger partial charge on any atom is 0.119 e. The predicted octanol–water partition coefficient (Wildman–Crippen LogP) is 4.63. The van der Waals surface area contributed by atoms with Crippen molar-refractivity contribution < 1.29 is 9.47 Å². The first-order chi connectivity index (χ1) is 13.4. The van der Waals surface area contributed by atoms with Crippen molar-refractivity contribution in [3.63, 3.8) is 0 Å². The fourth-order valence-electron chi connectivity index (χ4n) is 3.55. The third-order valence-electron chi connectivity index (χ3n) is 4.91. The van der Waals surface area contributed by atoms with Crippen LogP contribution in [0, 0.1) is 17.2 Å². The van der Waals surface area contributed by atoms with Crippen molar-refractivity contribution in [3.8, 4) is 11.8 Å². The van der Waals surface area contributed by atoms with Gasteiger partial charge in [-0.15, -0.1) is 0 Å². The van der Waals surface area contributed by atoms with Gasteiger partial charge in [-0.25, -0.2) is 0 Å². The highest BCUT2D eigenvalue weighted by molar-refractivity contribution is 5.28. The van der Waals surface area contributed by atoms with Crippen molar-refractivity contribution in [1.82, 2.24) is 5.32 Å². The third-order valence-corrected chi connectivity index (χ3v) is 4.91. The van der Waals surface area contributed by atoms with Crippen LogP contribution in [0.5, 0.6) is 5.75 Å². The molecule has 0 saturated carbocycles. The minimum absolute atomic E-state index is 0.183. The predicted molar refractivity (Wildman–Crippen MR) is 106 cm³/mol. The molecule has 2 aromatic carbocycles. The van der Waals surface area contributed by atoms with E-state index < -0.39 is 0 Å². The topological polar surface area (TPSA) is 54.3 Å². The lowest BCUT2D eigenvalue weighted by molar-refractivity contribution is -0.0278. The Kier molecular flexibility index (Phi) is 7.70. The molecule has 3 rings (SSSR count). The summed E-state index contributed by atoms with van der Waals surface area (Å²) in [5.41, 5.74) is 2.48. The lowest BCUT2D eigenvalue weighted by Gasteiger charge is -2.32. The standard InChI is InChI=1S/C23H28N2O2/c24-13-4-5-14-26-22-12-6-8-19(16-22)17-25-18-21-11-7-15-27-23(21)20-9-2-1-3-10-20/h1-3,6,8-10,12,16,21,23,25H,4-5,7,11,14-15,17-18H2. The average Bonchev–Trinajstić information content (AvgIpc) is 2.73. The molecule has 1 saturated heterocycles. The SMILES string of the molecule is N#CCCCOc1cccc(CNCC2CCCOC2c2ccccc2)c1. The highest BCUT2D eigenvalue weighted by Gasteiger charge is 2.26. The van der Waals surface area contributed by atoms with Crippen molar-refractivity contribution in [3.05, 3.63) is 65.7 Å².